The first kappa shape index (κ1) is 15.5. The molecule has 120 valence electrons. The Hall–Kier alpha value is -1.44. The molecule has 2 fully saturated rings. The summed E-state index contributed by atoms with van der Waals surface area (Å²) in [6.45, 7) is 3.61. The van der Waals surface area contributed by atoms with Crippen LogP contribution in [0.2, 0.25) is 0 Å². The van der Waals surface area contributed by atoms with Crippen molar-refractivity contribution >= 4 is 16.0 Å². The van der Waals surface area contributed by atoms with E-state index in [9.17, 15) is 13.2 Å². The second-order valence-corrected chi connectivity index (χ2v) is 7.92. The number of rotatable bonds is 5. The lowest BCUT2D eigenvalue weighted by molar-refractivity contribution is 0.0696. The largest absolute Gasteiger partial charge is 0.478 e. The van der Waals surface area contributed by atoms with Crippen molar-refractivity contribution in [3.05, 3.63) is 29.8 Å². The molecule has 1 aliphatic heterocycles. The minimum absolute atomic E-state index is 0.0909. The molecule has 2 aliphatic rings. The summed E-state index contributed by atoms with van der Waals surface area (Å²) in [6, 6.07) is 5.40. The number of nitrogens with zero attached hydrogens (tertiary/aromatic N) is 2. The number of carboxylic acids is 1. The number of carboxylic acid groups (broad SMARTS) is 1. The van der Waals surface area contributed by atoms with Gasteiger partial charge in [-0.25, -0.2) is 13.2 Å². The van der Waals surface area contributed by atoms with Gasteiger partial charge < -0.3 is 10.0 Å². The average molecular weight is 324 g/mol. The molecule has 6 nitrogen and oxygen atoms in total. The molecule has 0 amide bonds. The molecule has 1 heterocycles. The first-order valence-electron chi connectivity index (χ1n) is 7.53. The SMILES string of the molecule is O=C(O)c1ccc(S(=O)(=O)N2CCN(CC3CC3)CC2)cc1. The highest BCUT2D eigenvalue weighted by atomic mass is 32.2. The third-order valence-corrected chi connectivity index (χ3v) is 6.20. The van der Waals surface area contributed by atoms with Gasteiger partial charge in [0, 0.05) is 32.7 Å². The lowest BCUT2D eigenvalue weighted by Crippen LogP contribution is -2.49. The van der Waals surface area contributed by atoms with Crippen LogP contribution in [0.15, 0.2) is 29.2 Å². The lowest BCUT2D eigenvalue weighted by atomic mass is 10.2. The number of hydrogen-bond donors (Lipinski definition) is 1. The highest BCUT2D eigenvalue weighted by Gasteiger charge is 2.31. The molecule has 1 N–H and O–H groups in total. The molecule has 0 radical (unpaired) electrons. The molecule has 1 saturated carbocycles. The highest BCUT2D eigenvalue weighted by molar-refractivity contribution is 7.89. The van der Waals surface area contributed by atoms with Crippen molar-refractivity contribution in [3.8, 4) is 0 Å². The van der Waals surface area contributed by atoms with E-state index in [0.29, 0.717) is 13.1 Å². The summed E-state index contributed by atoms with van der Waals surface area (Å²) in [6.07, 6.45) is 2.60. The number of piperazine rings is 1. The van der Waals surface area contributed by atoms with Gasteiger partial charge >= 0.3 is 5.97 Å². The first-order chi connectivity index (χ1) is 10.5. The van der Waals surface area contributed by atoms with Crippen LogP contribution in [-0.4, -0.2) is 61.4 Å². The summed E-state index contributed by atoms with van der Waals surface area (Å²) in [5.74, 6) is -0.246. The molecule has 3 rings (SSSR count). The van der Waals surface area contributed by atoms with E-state index < -0.39 is 16.0 Å². The molecule has 0 spiro atoms. The third-order valence-electron chi connectivity index (χ3n) is 4.28. The Balaban J connectivity index is 1.66. The zero-order valence-corrected chi connectivity index (χ0v) is 13.1. The minimum atomic E-state index is -3.53. The molecule has 0 atom stereocenters. The van der Waals surface area contributed by atoms with Crippen molar-refractivity contribution in [1.82, 2.24) is 9.21 Å². The minimum Gasteiger partial charge on any atom is -0.478 e. The normalized spacial score (nSPS) is 20.9. The maximum atomic E-state index is 12.6. The van der Waals surface area contributed by atoms with Crippen LogP contribution >= 0.6 is 0 Å². The zero-order chi connectivity index (χ0) is 15.7. The van der Waals surface area contributed by atoms with Gasteiger partial charge in [-0.1, -0.05) is 0 Å². The van der Waals surface area contributed by atoms with Crippen LogP contribution in [0.5, 0.6) is 0 Å². The second kappa shape index (κ2) is 5.98. The fraction of sp³-hybridized carbons (Fsp3) is 0.533. The van der Waals surface area contributed by atoms with E-state index in [2.05, 4.69) is 4.90 Å². The van der Waals surface area contributed by atoms with Crippen molar-refractivity contribution in [2.24, 2.45) is 5.92 Å². The first-order valence-corrected chi connectivity index (χ1v) is 8.97. The van der Waals surface area contributed by atoms with Gasteiger partial charge in [-0.05, 0) is 43.0 Å². The Morgan fingerprint density at radius 3 is 2.18 bits per heavy atom. The molecule has 7 heteroatoms. The number of benzene rings is 1. The Kier molecular flexibility index (Phi) is 4.20. The number of aromatic carboxylic acids is 1. The van der Waals surface area contributed by atoms with Gasteiger partial charge in [0.2, 0.25) is 10.0 Å². The topological polar surface area (TPSA) is 77.9 Å². The van der Waals surface area contributed by atoms with Gasteiger partial charge in [-0.3, -0.25) is 0 Å². The maximum absolute atomic E-state index is 12.6. The zero-order valence-electron chi connectivity index (χ0n) is 12.3. The molecule has 0 unspecified atom stereocenters. The number of carbonyl (C=O) groups is 1. The van der Waals surface area contributed by atoms with Crippen molar-refractivity contribution in [2.45, 2.75) is 17.7 Å². The van der Waals surface area contributed by atoms with Gasteiger partial charge in [-0.15, -0.1) is 0 Å². The van der Waals surface area contributed by atoms with E-state index in [1.807, 2.05) is 0 Å². The van der Waals surface area contributed by atoms with Crippen LogP contribution < -0.4 is 0 Å². The summed E-state index contributed by atoms with van der Waals surface area (Å²) < 4.78 is 26.6. The molecule has 1 saturated heterocycles. The fourth-order valence-electron chi connectivity index (χ4n) is 2.74. The van der Waals surface area contributed by atoms with E-state index in [4.69, 9.17) is 5.11 Å². The van der Waals surface area contributed by atoms with Gasteiger partial charge in [0.25, 0.3) is 0 Å². The smallest absolute Gasteiger partial charge is 0.335 e. The van der Waals surface area contributed by atoms with E-state index in [-0.39, 0.29) is 10.5 Å². The predicted molar refractivity (Wildman–Crippen MR) is 81.3 cm³/mol. The van der Waals surface area contributed by atoms with E-state index in [1.165, 1.54) is 41.4 Å². The summed E-state index contributed by atoms with van der Waals surface area (Å²) in [7, 11) is -3.53. The summed E-state index contributed by atoms with van der Waals surface area (Å²) in [4.78, 5) is 13.3. The van der Waals surface area contributed by atoms with E-state index in [0.717, 1.165) is 25.6 Å². The lowest BCUT2D eigenvalue weighted by Gasteiger charge is -2.34. The standard InChI is InChI=1S/C15H20N2O4S/c18-15(19)13-3-5-14(6-4-13)22(20,21)17-9-7-16(8-10-17)11-12-1-2-12/h3-6,12H,1-2,7-11H2,(H,18,19). The van der Waals surface area contributed by atoms with Crippen LogP contribution in [0.25, 0.3) is 0 Å². The summed E-state index contributed by atoms with van der Waals surface area (Å²) in [5, 5.41) is 8.87. The van der Waals surface area contributed by atoms with Crippen molar-refractivity contribution < 1.29 is 18.3 Å². The van der Waals surface area contributed by atoms with Crippen molar-refractivity contribution in [2.75, 3.05) is 32.7 Å². The highest BCUT2D eigenvalue weighted by Crippen LogP contribution is 2.30. The Morgan fingerprint density at radius 1 is 1.09 bits per heavy atom. The van der Waals surface area contributed by atoms with Gasteiger partial charge in [0.05, 0.1) is 10.5 Å². The summed E-state index contributed by atoms with van der Waals surface area (Å²) in [5.41, 5.74) is 0.0909. The van der Waals surface area contributed by atoms with Crippen LogP contribution in [0.4, 0.5) is 0 Å². The Bertz CT molecular complexity index is 645. The van der Waals surface area contributed by atoms with Crippen molar-refractivity contribution in [3.63, 3.8) is 0 Å². The monoisotopic (exact) mass is 324 g/mol. The molecule has 22 heavy (non-hydrogen) atoms. The van der Waals surface area contributed by atoms with Crippen molar-refractivity contribution in [1.29, 1.82) is 0 Å². The number of sulfonamides is 1. The quantitative estimate of drug-likeness (QED) is 0.877. The third kappa shape index (κ3) is 3.31. The van der Waals surface area contributed by atoms with E-state index >= 15 is 0 Å². The van der Waals surface area contributed by atoms with E-state index in [1.54, 1.807) is 0 Å². The molecule has 1 aromatic rings. The fourth-order valence-corrected chi connectivity index (χ4v) is 4.16. The van der Waals surface area contributed by atoms with Gasteiger partial charge in [0.15, 0.2) is 0 Å². The van der Waals surface area contributed by atoms with Crippen LogP contribution in [0.3, 0.4) is 0 Å². The Morgan fingerprint density at radius 2 is 1.68 bits per heavy atom. The van der Waals surface area contributed by atoms with Gasteiger partial charge in [-0.2, -0.15) is 4.31 Å². The molecular formula is C15H20N2O4S. The average Bonchev–Trinajstić information content (AvgIpc) is 3.32. The maximum Gasteiger partial charge on any atom is 0.335 e. The Labute approximate surface area is 130 Å². The van der Waals surface area contributed by atoms with Crippen LogP contribution in [-0.2, 0) is 10.0 Å². The molecule has 0 bridgehead atoms. The molecule has 1 aliphatic carbocycles. The van der Waals surface area contributed by atoms with Crippen LogP contribution in [0, 0.1) is 5.92 Å². The second-order valence-electron chi connectivity index (χ2n) is 5.98. The molecule has 1 aromatic carbocycles. The molecule has 0 aromatic heterocycles. The molecular weight excluding hydrogens is 304 g/mol. The van der Waals surface area contributed by atoms with Gasteiger partial charge in [0.1, 0.15) is 0 Å². The summed E-state index contributed by atoms with van der Waals surface area (Å²) >= 11 is 0. The predicted octanol–water partition coefficient (Wildman–Crippen LogP) is 1.10. The number of hydrogen-bond acceptors (Lipinski definition) is 4. The van der Waals surface area contributed by atoms with Crippen LogP contribution in [0.1, 0.15) is 23.2 Å².